The van der Waals surface area contributed by atoms with Gasteiger partial charge in [0.2, 0.25) is 0 Å². The monoisotopic (exact) mass is 623 g/mol. The number of nitrogens with one attached hydrogen (secondary N) is 1. The molecule has 4 amide bonds. The van der Waals surface area contributed by atoms with Crippen molar-refractivity contribution in [1.82, 2.24) is 5.32 Å². The average molecular weight is 624 g/mol. The van der Waals surface area contributed by atoms with E-state index in [2.05, 4.69) is 21.2 Å². The Hall–Kier alpha value is -5.04. The Bertz CT molecular complexity index is 1570. The molecule has 1 aliphatic heterocycles. The number of methoxy groups -OCH3 is 1. The molecule has 0 saturated carbocycles. The van der Waals surface area contributed by atoms with Crippen molar-refractivity contribution in [3.05, 3.63) is 97.5 Å². The first-order chi connectivity index (χ1) is 19.6. The molecule has 1 N–H and O–H groups in total. The maximum atomic E-state index is 13.3. The van der Waals surface area contributed by atoms with Gasteiger partial charge in [-0.1, -0.05) is 0 Å². The van der Waals surface area contributed by atoms with Gasteiger partial charge in [0, 0.05) is 12.1 Å². The summed E-state index contributed by atoms with van der Waals surface area (Å²) in [5.41, 5.74) is 1.10. The second kappa shape index (κ2) is 12.4. The molecule has 13 heteroatoms. The SMILES string of the molecule is CCOC(=O)c1ccc(N2C(=O)NC(=O)/C(=C\c3cc(Br)c(OCc4ccc([N+](=O)[O-])cc4)c(OC)c3)C2=O)cc1. The van der Waals surface area contributed by atoms with Gasteiger partial charge in [-0.15, -0.1) is 0 Å². The number of halogens is 1. The molecule has 210 valence electrons. The van der Waals surface area contributed by atoms with Gasteiger partial charge in [0.1, 0.15) is 12.2 Å². The van der Waals surface area contributed by atoms with Gasteiger partial charge in [0.25, 0.3) is 17.5 Å². The van der Waals surface area contributed by atoms with E-state index in [0.717, 1.165) is 4.90 Å². The highest BCUT2D eigenvalue weighted by Gasteiger charge is 2.37. The maximum absolute atomic E-state index is 13.3. The first-order valence-electron chi connectivity index (χ1n) is 12.0. The van der Waals surface area contributed by atoms with Crippen LogP contribution < -0.4 is 19.7 Å². The molecule has 0 spiro atoms. The number of imide groups is 2. The van der Waals surface area contributed by atoms with Crippen LogP contribution in [0, 0.1) is 10.1 Å². The Morgan fingerprint density at radius 1 is 1.07 bits per heavy atom. The Balaban J connectivity index is 1.58. The lowest BCUT2D eigenvalue weighted by Crippen LogP contribution is -2.54. The number of ether oxygens (including phenoxy) is 3. The third-order valence-electron chi connectivity index (χ3n) is 5.83. The van der Waals surface area contributed by atoms with Crippen LogP contribution in [0.3, 0.4) is 0 Å². The number of carbonyl (C=O) groups is 4. The number of nitro benzene ring substituents is 1. The first-order valence-corrected chi connectivity index (χ1v) is 12.8. The number of rotatable bonds is 9. The third-order valence-corrected chi connectivity index (χ3v) is 6.42. The van der Waals surface area contributed by atoms with Gasteiger partial charge < -0.3 is 14.2 Å². The lowest BCUT2D eigenvalue weighted by molar-refractivity contribution is -0.384. The number of amides is 4. The Morgan fingerprint density at radius 3 is 2.37 bits per heavy atom. The summed E-state index contributed by atoms with van der Waals surface area (Å²) in [5, 5.41) is 13.0. The normalized spacial score (nSPS) is 14.1. The van der Waals surface area contributed by atoms with Crippen molar-refractivity contribution in [3.8, 4) is 11.5 Å². The molecule has 0 aromatic heterocycles. The average Bonchev–Trinajstić information content (AvgIpc) is 2.95. The molecule has 3 aromatic rings. The molecule has 41 heavy (non-hydrogen) atoms. The fraction of sp³-hybridized carbons (Fsp3) is 0.143. The fourth-order valence-electron chi connectivity index (χ4n) is 3.85. The zero-order chi connectivity index (χ0) is 29.7. The molecule has 4 rings (SSSR count). The number of hydrogen-bond acceptors (Lipinski definition) is 9. The molecule has 0 unspecified atom stereocenters. The molecule has 1 fully saturated rings. The van der Waals surface area contributed by atoms with Crippen LogP contribution in [0.5, 0.6) is 11.5 Å². The summed E-state index contributed by atoms with van der Waals surface area (Å²) in [6.07, 6.45) is 1.30. The fourth-order valence-corrected chi connectivity index (χ4v) is 4.43. The van der Waals surface area contributed by atoms with E-state index in [4.69, 9.17) is 14.2 Å². The van der Waals surface area contributed by atoms with Gasteiger partial charge >= 0.3 is 12.0 Å². The molecule has 0 bridgehead atoms. The van der Waals surface area contributed by atoms with Crippen LogP contribution in [0.15, 0.2) is 70.7 Å². The highest BCUT2D eigenvalue weighted by atomic mass is 79.9. The summed E-state index contributed by atoms with van der Waals surface area (Å²) in [6, 6.07) is 13.7. The van der Waals surface area contributed by atoms with Gasteiger partial charge in [-0.3, -0.25) is 25.0 Å². The zero-order valence-corrected chi connectivity index (χ0v) is 23.3. The van der Waals surface area contributed by atoms with Gasteiger partial charge in [0.05, 0.1) is 34.4 Å². The van der Waals surface area contributed by atoms with Crippen molar-refractivity contribution in [2.45, 2.75) is 13.5 Å². The molecule has 12 nitrogen and oxygen atoms in total. The van der Waals surface area contributed by atoms with Crippen molar-refractivity contribution >= 4 is 57.2 Å². The molecular formula is C28H22BrN3O9. The Morgan fingerprint density at radius 2 is 1.76 bits per heavy atom. The summed E-state index contributed by atoms with van der Waals surface area (Å²) < 4.78 is 16.7. The quantitative estimate of drug-likeness (QED) is 0.116. The van der Waals surface area contributed by atoms with E-state index in [-0.39, 0.29) is 41.5 Å². The van der Waals surface area contributed by atoms with Crippen LogP contribution in [0.1, 0.15) is 28.4 Å². The number of esters is 1. The third kappa shape index (κ3) is 6.41. The van der Waals surface area contributed by atoms with Gasteiger partial charge in [-0.25, -0.2) is 14.5 Å². The number of anilines is 1. The summed E-state index contributed by atoms with van der Waals surface area (Å²) in [5.74, 6) is -1.70. The number of carbonyl (C=O) groups excluding carboxylic acids is 4. The molecular weight excluding hydrogens is 602 g/mol. The van der Waals surface area contributed by atoms with E-state index in [9.17, 15) is 29.3 Å². The van der Waals surface area contributed by atoms with Gasteiger partial charge in [0.15, 0.2) is 11.5 Å². The highest BCUT2D eigenvalue weighted by molar-refractivity contribution is 9.10. The number of nitro groups is 1. The summed E-state index contributed by atoms with van der Waals surface area (Å²) in [6.45, 7) is 1.95. The zero-order valence-electron chi connectivity index (χ0n) is 21.7. The number of hydrogen-bond donors (Lipinski definition) is 1. The smallest absolute Gasteiger partial charge is 0.338 e. The van der Waals surface area contributed by atoms with Gasteiger partial charge in [-0.05, 0) is 88.6 Å². The molecule has 0 aliphatic carbocycles. The number of urea groups is 1. The van der Waals surface area contributed by atoms with E-state index < -0.39 is 28.7 Å². The van der Waals surface area contributed by atoms with Crippen LogP contribution >= 0.6 is 15.9 Å². The summed E-state index contributed by atoms with van der Waals surface area (Å²) in [4.78, 5) is 61.5. The Kier molecular flexibility index (Phi) is 8.78. The molecule has 1 heterocycles. The molecule has 1 aliphatic rings. The van der Waals surface area contributed by atoms with E-state index in [0.29, 0.717) is 21.3 Å². The first kappa shape index (κ1) is 29.0. The molecule has 0 atom stereocenters. The van der Waals surface area contributed by atoms with Crippen LogP contribution in [0.4, 0.5) is 16.2 Å². The number of barbiturate groups is 1. The summed E-state index contributed by atoms with van der Waals surface area (Å²) >= 11 is 3.41. The van der Waals surface area contributed by atoms with Crippen molar-refractivity contribution in [2.24, 2.45) is 0 Å². The Labute approximate surface area is 241 Å². The predicted molar refractivity (Wildman–Crippen MR) is 150 cm³/mol. The van der Waals surface area contributed by atoms with E-state index in [1.807, 2.05) is 0 Å². The highest BCUT2D eigenvalue weighted by Crippen LogP contribution is 2.38. The summed E-state index contributed by atoms with van der Waals surface area (Å²) in [7, 11) is 1.41. The van der Waals surface area contributed by atoms with E-state index in [1.54, 1.807) is 31.2 Å². The predicted octanol–water partition coefficient (Wildman–Crippen LogP) is 4.79. The van der Waals surface area contributed by atoms with E-state index >= 15 is 0 Å². The van der Waals surface area contributed by atoms with Crippen LogP contribution in [0.25, 0.3) is 6.08 Å². The largest absolute Gasteiger partial charge is 0.493 e. The minimum atomic E-state index is -0.935. The van der Waals surface area contributed by atoms with Crippen LogP contribution in [0.2, 0.25) is 0 Å². The topological polar surface area (TPSA) is 154 Å². The van der Waals surface area contributed by atoms with Crippen molar-refractivity contribution in [2.75, 3.05) is 18.6 Å². The maximum Gasteiger partial charge on any atom is 0.338 e. The second-order valence-corrected chi connectivity index (χ2v) is 9.33. The molecule has 3 aromatic carbocycles. The standard InChI is InChI=1S/C28H22BrN3O9/c1-3-40-27(35)18-6-10-19(11-7-18)31-26(34)21(25(33)30-28(31)36)12-17-13-22(29)24(23(14-17)39-2)41-15-16-4-8-20(9-5-16)32(37)38/h4-14H,3,15H2,1-2H3,(H,30,33,36)/b21-12+. The minimum absolute atomic E-state index is 0.0415. The van der Waals surface area contributed by atoms with Crippen LogP contribution in [-0.4, -0.2) is 42.5 Å². The van der Waals surface area contributed by atoms with Crippen LogP contribution in [-0.2, 0) is 20.9 Å². The van der Waals surface area contributed by atoms with Crippen molar-refractivity contribution in [3.63, 3.8) is 0 Å². The molecule has 0 radical (unpaired) electrons. The van der Waals surface area contributed by atoms with E-state index in [1.165, 1.54) is 49.6 Å². The van der Waals surface area contributed by atoms with Gasteiger partial charge in [-0.2, -0.15) is 0 Å². The second-order valence-electron chi connectivity index (χ2n) is 8.47. The van der Waals surface area contributed by atoms with Crippen molar-refractivity contribution in [1.29, 1.82) is 0 Å². The molecule has 1 saturated heterocycles. The van der Waals surface area contributed by atoms with Crippen molar-refractivity contribution < 1.29 is 38.3 Å². The number of benzene rings is 3. The number of non-ortho nitro benzene ring substituents is 1. The number of nitrogens with zero attached hydrogens (tertiary/aromatic N) is 2. The lowest BCUT2D eigenvalue weighted by Gasteiger charge is -2.26. The minimum Gasteiger partial charge on any atom is -0.493 e. The lowest BCUT2D eigenvalue weighted by atomic mass is 10.1.